The number of rotatable bonds is 2. The molecule has 4 bridgehead atoms. The first-order valence-corrected chi connectivity index (χ1v) is 10.8. The summed E-state index contributed by atoms with van der Waals surface area (Å²) < 4.78 is 38.9. The van der Waals surface area contributed by atoms with Gasteiger partial charge in [0.25, 0.3) is 0 Å². The van der Waals surface area contributed by atoms with Gasteiger partial charge in [0.1, 0.15) is 5.84 Å². The van der Waals surface area contributed by atoms with E-state index < -0.39 is 18.3 Å². The summed E-state index contributed by atoms with van der Waals surface area (Å²) in [5.41, 5.74) is 1.83. The van der Waals surface area contributed by atoms with E-state index >= 15 is 0 Å². The normalized spacial score (nSPS) is 36.4. The Bertz CT molecular complexity index is 893. The molecule has 30 heavy (non-hydrogen) atoms. The van der Waals surface area contributed by atoms with Gasteiger partial charge in [-0.15, -0.1) is 5.10 Å². The van der Waals surface area contributed by atoms with Crippen molar-refractivity contribution in [3.63, 3.8) is 0 Å². The Labute approximate surface area is 172 Å². The number of nitrogens with zero attached hydrogens (tertiary/aromatic N) is 3. The van der Waals surface area contributed by atoms with E-state index in [0.29, 0.717) is 24.3 Å². The number of hydrogen-bond donors (Lipinski definition) is 0. The van der Waals surface area contributed by atoms with Gasteiger partial charge in [-0.2, -0.15) is 13.2 Å². The zero-order valence-corrected chi connectivity index (χ0v) is 16.6. The maximum absolute atomic E-state index is 13.0. The summed E-state index contributed by atoms with van der Waals surface area (Å²) in [4.78, 5) is 18.6. The Balaban J connectivity index is 1.40. The number of fused-ring (bicyclic) bond motifs is 3. The average Bonchev–Trinajstić information content (AvgIpc) is 3.06. The Morgan fingerprint density at radius 1 is 1.07 bits per heavy atom. The van der Waals surface area contributed by atoms with Crippen LogP contribution in [0.2, 0.25) is 0 Å². The van der Waals surface area contributed by atoms with Gasteiger partial charge in [0.2, 0.25) is 0 Å². The highest BCUT2D eigenvalue weighted by Gasteiger charge is 2.58. The maximum atomic E-state index is 13.0. The highest BCUT2D eigenvalue weighted by atomic mass is 19.4. The van der Waals surface area contributed by atoms with Gasteiger partial charge >= 0.3 is 12.1 Å². The zero-order chi connectivity index (χ0) is 20.7. The number of carbonyl (C=O) groups excluding carboxylic acids is 1. The number of hydrazone groups is 1. The lowest BCUT2D eigenvalue weighted by Crippen LogP contribution is -2.54. The van der Waals surface area contributed by atoms with Gasteiger partial charge in [0, 0.05) is 17.5 Å². The quantitative estimate of drug-likeness (QED) is 0.713. The molecule has 1 aromatic rings. The second-order valence-corrected chi connectivity index (χ2v) is 9.82. The predicted molar refractivity (Wildman–Crippen MR) is 102 cm³/mol. The first-order chi connectivity index (χ1) is 14.3. The van der Waals surface area contributed by atoms with Crippen LogP contribution in [0.4, 0.5) is 13.2 Å². The molecule has 8 heteroatoms. The third-order valence-electron chi connectivity index (χ3n) is 7.85. The minimum absolute atomic E-state index is 0.0985. The Kier molecular flexibility index (Phi) is 3.79. The van der Waals surface area contributed by atoms with Crippen molar-refractivity contribution in [2.45, 2.75) is 57.3 Å². The summed E-state index contributed by atoms with van der Waals surface area (Å²) in [5.74, 6) is 0.667. The van der Waals surface area contributed by atoms with Crippen LogP contribution in [0.1, 0.15) is 55.8 Å². The molecule has 7 rings (SSSR count). The Morgan fingerprint density at radius 3 is 2.33 bits per heavy atom. The lowest BCUT2D eigenvalue weighted by Gasteiger charge is -2.57. The first-order valence-electron chi connectivity index (χ1n) is 10.8. The molecule has 4 saturated carbocycles. The summed E-state index contributed by atoms with van der Waals surface area (Å²) in [5, 5.41) is 5.54. The molecule has 0 saturated heterocycles. The van der Waals surface area contributed by atoms with Crippen molar-refractivity contribution in [3.05, 3.63) is 35.4 Å². The molecule has 160 valence electrons. The van der Waals surface area contributed by atoms with Crippen LogP contribution in [0, 0.1) is 23.2 Å². The van der Waals surface area contributed by atoms with E-state index in [9.17, 15) is 18.0 Å². The predicted octanol–water partition coefficient (Wildman–Crippen LogP) is 4.41. The highest BCUT2D eigenvalue weighted by Crippen LogP contribution is 2.62. The van der Waals surface area contributed by atoms with Crippen LogP contribution in [0.15, 0.2) is 29.4 Å². The van der Waals surface area contributed by atoms with Crippen LogP contribution in [-0.2, 0) is 16.1 Å². The largest absolute Gasteiger partial charge is 0.493 e. The second-order valence-electron chi connectivity index (χ2n) is 9.82. The number of hydrogen-bond acceptors (Lipinski definition) is 5. The lowest BCUT2D eigenvalue weighted by atomic mass is 9.49. The highest BCUT2D eigenvalue weighted by molar-refractivity contribution is 5.90. The fraction of sp³-hybridized carbons (Fsp3) is 0.636. The smallest absolute Gasteiger partial charge is 0.329 e. The molecule has 0 N–H and O–H groups in total. The standard InChI is InChI=1S/C22H24F3N3O2/c23-22(24,25)20(29)30-28-18-17-4-2-1-3-16(17)5-6-27(18)19(26-28)21-10-13-7-14(11-21)9-15(8-13)12-21/h1-4,13-15,18H,5-12H2. The summed E-state index contributed by atoms with van der Waals surface area (Å²) in [6, 6.07) is 7.68. The summed E-state index contributed by atoms with van der Waals surface area (Å²) in [7, 11) is 0. The van der Waals surface area contributed by atoms with Crippen LogP contribution in [0.5, 0.6) is 0 Å². The van der Waals surface area contributed by atoms with Crippen molar-refractivity contribution < 1.29 is 22.8 Å². The van der Waals surface area contributed by atoms with Gasteiger partial charge < -0.3 is 9.74 Å². The molecule has 5 nitrogen and oxygen atoms in total. The van der Waals surface area contributed by atoms with Gasteiger partial charge in [-0.3, -0.25) is 0 Å². The number of carbonyl (C=O) groups is 1. The molecular weight excluding hydrogens is 395 g/mol. The maximum Gasteiger partial charge on any atom is 0.493 e. The zero-order valence-electron chi connectivity index (χ0n) is 16.6. The Morgan fingerprint density at radius 2 is 1.70 bits per heavy atom. The summed E-state index contributed by atoms with van der Waals surface area (Å²) in [6.45, 7) is 0.669. The molecule has 0 amide bonds. The molecule has 2 heterocycles. The minimum atomic E-state index is -5.06. The fourth-order valence-corrected chi connectivity index (χ4v) is 7.21. The second kappa shape index (κ2) is 6.14. The van der Waals surface area contributed by atoms with E-state index in [0.717, 1.165) is 47.8 Å². The van der Waals surface area contributed by atoms with Crippen LogP contribution in [0.3, 0.4) is 0 Å². The van der Waals surface area contributed by atoms with Crippen molar-refractivity contribution in [2.75, 3.05) is 6.54 Å². The topological polar surface area (TPSA) is 45.1 Å². The summed E-state index contributed by atoms with van der Waals surface area (Å²) in [6.07, 6.45) is 2.07. The number of halogens is 3. The van der Waals surface area contributed by atoms with Crippen molar-refractivity contribution in [1.29, 1.82) is 0 Å². The SMILES string of the molecule is O=C(ON1N=C(C23CC4CC(CC(C4)C2)C3)N2CCc3ccccc3C12)C(F)(F)F. The Hall–Kier alpha value is -2.25. The third-order valence-corrected chi connectivity index (χ3v) is 7.85. The average molecular weight is 419 g/mol. The molecule has 4 aliphatic carbocycles. The van der Waals surface area contributed by atoms with Crippen LogP contribution in [0.25, 0.3) is 0 Å². The van der Waals surface area contributed by atoms with Gasteiger partial charge in [-0.05, 0) is 68.3 Å². The van der Waals surface area contributed by atoms with Crippen molar-refractivity contribution in [2.24, 2.45) is 28.3 Å². The minimum Gasteiger partial charge on any atom is -0.329 e. The molecule has 0 spiro atoms. The molecule has 1 atom stereocenters. The number of hydroxylamine groups is 1. The van der Waals surface area contributed by atoms with E-state index in [4.69, 9.17) is 4.84 Å². The number of benzene rings is 1. The molecule has 0 aromatic heterocycles. The van der Waals surface area contributed by atoms with Crippen LogP contribution in [-0.4, -0.2) is 34.6 Å². The molecule has 0 radical (unpaired) electrons. The number of alkyl halides is 3. The van der Waals surface area contributed by atoms with E-state index in [1.165, 1.54) is 19.3 Å². The van der Waals surface area contributed by atoms with Gasteiger partial charge in [0.15, 0.2) is 6.17 Å². The molecule has 1 aromatic carbocycles. The molecule has 2 aliphatic heterocycles. The fourth-order valence-electron chi connectivity index (χ4n) is 7.21. The third kappa shape index (κ3) is 2.68. The van der Waals surface area contributed by atoms with Crippen LogP contribution < -0.4 is 0 Å². The number of amidine groups is 1. The van der Waals surface area contributed by atoms with Crippen molar-refractivity contribution >= 4 is 11.8 Å². The van der Waals surface area contributed by atoms with E-state index in [2.05, 4.69) is 10.0 Å². The van der Waals surface area contributed by atoms with Crippen molar-refractivity contribution in [3.8, 4) is 0 Å². The summed E-state index contributed by atoms with van der Waals surface area (Å²) >= 11 is 0. The van der Waals surface area contributed by atoms with Gasteiger partial charge in [-0.1, -0.05) is 29.4 Å². The van der Waals surface area contributed by atoms with Crippen LogP contribution >= 0.6 is 0 Å². The lowest BCUT2D eigenvalue weighted by molar-refractivity contribution is -0.251. The molecular formula is C22H24F3N3O2. The van der Waals surface area contributed by atoms with E-state index in [1.807, 2.05) is 24.3 Å². The molecule has 4 fully saturated rings. The molecule has 1 unspecified atom stereocenters. The van der Waals surface area contributed by atoms with Gasteiger partial charge in [0.05, 0.1) is 0 Å². The first kappa shape index (κ1) is 18.5. The van der Waals surface area contributed by atoms with Crippen molar-refractivity contribution in [1.82, 2.24) is 10.1 Å². The molecule has 6 aliphatic rings. The van der Waals surface area contributed by atoms with Gasteiger partial charge in [-0.25, -0.2) is 4.79 Å². The monoisotopic (exact) mass is 419 g/mol. The van der Waals surface area contributed by atoms with E-state index in [-0.39, 0.29) is 5.41 Å². The van der Waals surface area contributed by atoms with E-state index in [1.54, 1.807) is 0 Å².